The molecule has 29 heavy (non-hydrogen) atoms. The van der Waals surface area contributed by atoms with E-state index in [1.54, 1.807) is 30.6 Å². The number of nitrogens with zero attached hydrogens (tertiary/aromatic N) is 1. The lowest BCUT2D eigenvalue weighted by atomic mass is 10.1. The fraction of sp³-hybridized carbons (Fsp3) is 0.353. The van der Waals surface area contributed by atoms with Gasteiger partial charge in [-0.2, -0.15) is 8.78 Å². The van der Waals surface area contributed by atoms with E-state index in [1.807, 2.05) is 6.92 Å². The molecule has 0 spiro atoms. The van der Waals surface area contributed by atoms with Crippen LogP contribution in [0.25, 0.3) is 0 Å². The number of guanidine groups is 1. The SMILES string of the molecule is CN=C(NCCNS(=O)(=O)c1cccs1)NCc1cc(C)ccc1OC(F)F.I. The van der Waals surface area contributed by atoms with Crippen molar-refractivity contribution in [2.75, 3.05) is 20.1 Å². The van der Waals surface area contributed by atoms with Gasteiger partial charge in [0, 0.05) is 32.2 Å². The van der Waals surface area contributed by atoms with E-state index in [1.165, 1.54) is 12.1 Å². The van der Waals surface area contributed by atoms with Crippen molar-refractivity contribution in [3.05, 3.63) is 46.8 Å². The van der Waals surface area contributed by atoms with Gasteiger partial charge in [0.05, 0.1) is 0 Å². The highest BCUT2D eigenvalue weighted by atomic mass is 127. The molecule has 3 N–H and O–H groups in total. The molecule has 0 aliphatic carbocycles. The zero-order chi connectivity index (χ0) is 20.6. The molecular weight excluding hydrogens is 537 g/mol. The molecule has 2 aromatic rings. The fourth-order valence-corrected chi connectivity index (χ4v) is 4.38. The summed E-state index contributed by atoms with van der Waals surface area (Å²) in [6.45, 7) is -0.397. The van der Waals surface area contributed by atoms with Crippen molar-refractivity contribution in [1.29, 1.82) is 0 Å². The summed E-state index contributed by atoms with van der Waals surface area (Å²) in [6, 6.07) is 8.12. The summed E-state index contributed by atoms with van der Waals surface area (Å²) < 4.78 is 56.4. The molecule has 2 rings (SSSR count). The van der Waals surface area contributed by atoms with Crippen LogP contribution in [0.1, 0.15) is 11.1 Å². The minimum atomic E-state index is -3.52. The van der Waals surface area contributed by atoms with E-state index in [9.17, 15) is 17.2 Å². The average molecular weight is 560 g/mol. The maximum Gasteiger partial charge on any atom is 0.387 e. The van der Waals surface area contributed by atoms with Gasteiger partial charge in [0.15, 0.2) is 5.96 Å². The summed E-state index contributed by atoms with van der Waals surface area (Å²) in [7, 11) is -1.96. The summed E-state index contributed by atoms with van der Waals surface area (Å²) in [6.07, 6.45) is 0. The molecule has 0 aliphatic heterocycles. The highest BCUT2D eigenvalue weighted by molar-refractivity contribution is 14.0. The molecule has 0 unspecified atom stereocenters. The van der Waals surface area contributed by atoms with Crippen LogP contribution in [0.2, 0.25) is 0 Å². The standard InChI is InChI=1S/C17H22F2N4O3S2.HI/c1-12-5-6-14(26-16(18)19)13(10-12)11-22-17(20-2)21-7-8-23-28(24,25)15-4-3-9-27-15;/h3-6,9-10,16,23H,7-8,11H2,1-2H3,(H2,20,21,22);1H. The number of aryl methyl sites for hydroxylation is 1. The van der Waals surface area contributed by atoms with Gasteiger partial charge in [0.2, 0.25) is 10.0 Å². The number of alkyl halides is 2. The lowest BCUT2D eigenvalue weighted by Gasteiger charge is -2.15. The minimum Gasteiger partial charge on any atom is -0.434 e. The smallest absolute Gasteiger partial charge is 0.387 e. The number of thiophene rings is 1. The van der Waals surface area contributed by atoms with Crippen LogP contribution in [0.3, 0.4) is 0 Å². The molecule has 0 saturated heterocycles. The zero-order valence-corrected chi connectivity index (χ0v) is 19.8. The third-order valence-electron chi connectivity index (χ3n) is 3.57. The van der Waals surface area contributed by atoms with Crippen molar-refractivity contribution in [2.24, 2.45) is 4.99 Å². The summed E-state index contributed by atoms with van der Waals surface area (Å²) in [4.78, 5) is 4.03. The third-order valence-corrected chi connectivity index (χ3v) is 6.43. The predicted octanol–water partition coefficient (Wildman–Crippen LogP) is 2.92. The predicted molar refractivity (Wildman–Crippen MR) is 121 cm³/mol. The molecule has 0 fully saturated rings. The topological polar surface area (TPSA) is 91.8 Å². The van der Waals surface area contributed by atoms with Crippen molar-refractivity contribution in [3.8, 4) is 5.75 Å². The monoisotopic (exact) mass is 560 g/mol. The Bertz CT molecular complexity index is 894. The second-order valence-electron chi connectivity index (χ2n) is 5.67. The molecule has 1 aromatic carbocycles. The van der Waals surface area contributed by atoms with Crippen LogP contribution in [-0.4, -0.2) is 41.1 Å². The average Bonchev–Trinajstić information content (AvgIpc) is 3.18. The van der Waals surface area contributed by atoms with Crippen LogP contribution in [-0.2, 0) is 16.6 Å². The Morgan fingerprint density at radius 1 is 1.24 bits per heavy atom. The molecule has 0 radical (unpaired) electrons. The van der Waals surface area contributed by atoms with Gasteiger partial charge >= 0.3 is 6.61 Å². The Balaban J connectivity index is 0.00000420. The van der Waals surface area contributed by atoms with Gasteiger partial charge in [-0.25, -0.2) is 13.1 Å². The zero-order valence-electron chi connectivity index (χ0n) is 15.8. The van der Waals surface area contributed by atoms with Gasteiger partial charge in [-0.05, 0) is 24.4 Å². The van der Waals surface area contributed by atoms with Gasteiger partial charge in [0.25, 0.3) is 0 Å². The van der Waals surface area contributed by atoms with E-state index >= 15 is 0 Å². The van der Waals surface area contributed by atoms with E-state index in [0.29, 0.717) is 18.1 Å². The molecule has 0 amide bonds. The van der Waals surface area contributed by atoms with Gasteiger partial charge in [0.1, 0.15) is 9.96 Å². The summed E-state index contributed by atoms with van der Waals surface area (Å²) in [5.41, 5.74) is 1.46. The molecular formula is C17H23F2IN4O3S2. The molecule has 1 aromatic heterocycles. The highest BCUT2D eigenvalue weighted by Gasteiger charge is 2.14. The first kappa shape index (κ1) is 25.5. The first-order valence-electron chi connectivity index (χ1n) is 8.34. The van der Waals surface area contributed by atoms with Crippen LogP contribution in [0.5, 0.6) is 5.75 Å². The number of aliphatic imine (C=N–C) groups is 1. The number of sulfonamides is 1. The van der Waals surface area contributed by atoms with Crippen LogP contribution in [0.4, 0.5) is 8.78 Å². The van der Waals surface area contributed by atoms with E-state index in [4.69, 9.17) is 0 Å². The molecule has 12 heteroatoms. The highest BCUT2D eigenvalue weighted by Crippen LogP contribution is 2.22. The van der Waals surface area contributed by atoms with Gasteiger partial charge in [-0.15, -0.1) is 35.3 Å². The van der Waals surface area contributed by atoms with Crippen molar-refractivity contribution < 1.29 is 21.9 Å². The number of halogens is 3. The molecule has 162 valence electrons. The largest absolute Gasteiger partial charge is 0.434 e. The van der Waals surface area contributed by atoms with Crippen molar-refractivity contribution in [1.82, 2.24) is 15.4 Å². The number of ether oxygens (including phenoxy) is 1. The maximum absolute atomic E-state index is 12.5. The van der Waals surface area contributed by atoms with Crippen LogP contribution < -0.4 is 20.1 Å². The van der Waals surface area contributed by atoms with Gasteiger partial charge in [-0.1, -0.05) is 23.8 Å². The number of benzene rings is 1. The van der Waals surface area contributed by atoms with Crippen molar-refractivity contribution in [2.45, 2.75) is 24.3 Å². The second kappa shape index (κ2) is 12.2. The van der Waals surface area contributed by atoms with Crippen molar-refractivity contribution in [3.63, 3.8) is 0 Å². The van der Waals surface area contributed by atoms with Crippen LogP contribution >= 0.6 is 35.3 Å². The molecule has 0 bridgehead atoms. The van der Waals surface area contributed by atoms with Crippen molar-refractivity contribution >= 4 is 51.3 Å². The number of hydrogen-bond donors (Lipinski definition) is 3. The lowest BCUT2D eigenvalue weighted by Crippen LogP contribution is -2.41. The van der Waals surface area contributed by atoms with E-state index in [-0.39, 0.29) is 47.0 Å². The van der Waals surface area contributed by atoms with E-state index in [0.717, 1.165) is 16.9 Å². The number of rotatable bonds is 9. The second-order valence-corrected chi connectivity index (χ2v) is 8.61. The van der Waals surface area contributed by atoms with E-state index < -0.39 is 16.6 Å². The van der Waals surface area contributed by atoms with E-state index in [2.05, 4.69) is 25.1 Å². The summed E-state index contributed by atoms with van der Waals surface area (Å²) in [5, 5.41) is 7.64. The maximum atomic E-state index is 12.5. The number of nitrogens with one attached hydrogen (secondary N) is 3. The van der Waals surface area contributed by atoms with Crippen LogP contribution in [0, 0.1) is 6.92 Å². The fourth-order valence-electron chi connectivity index (χ4n) is 2.31. The Morgan fingerprint density at radius 3 is 2.62 bits per heavy atom. The first-order chi connectivity index (χ1) is 13.3. The number of hydrogen-bond acceptors (Lipinski definition) is 5. The van der Waals surface area contributed by atoms with Gasteiger partial charge in [-0.3, -0.25) is 4.99 Å². The quantitative estimate of drug-likeness (QED) is 0.190. The third kappa shape index (κ3) is 8.40. The first-order valence-corrected chi connectivity index (χ1v) is 10.7. The Morgan fingerprint density at radius 2 is 2.00 bits per heavy atom. The van der Waals surface area contributed by atoms with Gasteiger partial charge < -0.3 is 15.4 Å². The summed E-state index contributed by atoms with van der Waals surface area (Å²) in [5.74, 6) is 0.493. The molecule has 0 saturated carbocycles. The molecule has 0 atom stereocenters. The minimum absolute atomic E-state index is 0. The molecule has 0 aliphatic rings. The normalized spacial score (nSPS) is 11.8. The molecule has 1 heterocycles. The molecule has 7 nitrogen and oxygen atoms in total. The Hall–Kier alpha value is -1.51. The van der Waals surface area contributed by atoms with Crippen LogP contribution in [0.15, 0.2) is 44.9 Å². The Kier molecular flexibility index (Phi) is 10.8. The lowest BCUT2D eigenvalue weighted by molar-refractivity contribution is -0.0504. The Labute approximate surface area is 190 Å². The summed E-state index contributed by atoms with van der Waals surface area (Å²) >= 11 is 1.14.